The Morgan fingerprint density at radius 3 is 2.86 bits per heavy atom. The molecule has 0 saturated heterocycles. The molecular formula is C11H15BrClN. The third-order valence-corrected chi connectivity index (χ3v) is 2.85. The summed E-state index contributed by atoms with van der Waals surface area (Å²) in [5.74, 6) is 0. The second-order valence-electron chi connectivity index (χ2n) is 3.26. The number of benzene rings is 1. The second kappa shape index (κ2) is 6.31. The fourth-order valence-electron chi connectivity index (χ4n) is 1.23. The van der Waals surface area contributed by atoms with E-state index in [0.717, 1.165) is 21.7 Å². The molecule has 1 aromatic rings. The van der Waals surface area contributed by atoms with Crippen LogP contribution in [0.2, 0.25) is 5.02 Å². The van der Waals surface area contributed by atoms with E-state index in [1.54, 1.807) is 0 Å². The predicted molar refractivity (Wildman–Crippen MR) is 67.2 cm³/mol. The molecule has 0 heterocycles. The zero-order chi connectivity index (χ0) is 10.4. The Kier molecular flexibility index (Phi) is 5.34. The summed E-state index contributed by atoms with van der Waals surface area (Å²) in [7, 11) is 0. The van der Waals surface area contributed by atoms with Gasteiger partial charge < -0.3 is 5.32 Å². The molecule has 0 atom stereocenters. The van der Waals surface area contributed by atoms with Crippen LogP contribution in [0.4, 0.5) is 5.69 Å². The maximum absolute atomic E-state index is 6.03. The molecule has 0 aliphatic rings. The van der Waals surface area contributed by atoms with E-state index >= 15 is 0 Å². The van der Waals surface area contributed by atoms with Gasteiger partial charge in [-0.1, -0.05) is 47.3 Å². The van der Waals surface area contributed by atoms with Crippen LogP contribution in [0.25, 0.3) is 0 Å². The lowest BCUT2D eigenvalue weighted by atomic mass is 10.2. The van der Waals surface area contributed by atoms with Gasteiger partial charge in [-0.05, 0) is 24.6 Å². The summed E-state index contributed by atoms with van der Waals surface area (Å²) < 4.78 is 1.06. The van der Waals surface area contributed by atoms with E-state index in [-0.39, 0.29) is 0 Å². The second-order valence-corrected chi connectivity index (χ2v) is 4.58. The van der Waals surface area contributed by atoms with E-state index in [9.17, 15) is 0 Å². The van der Waals surface area contributed by atoms with Gasteiger partial charge in [0.15, 0.2) is 0 Å². The molecule has 0 aromatic heterocycles. The van der Waals surface area contributed by atoms with E-state index in [4.69, 9.17) is 11.6 Å². The van der Waals surface area contributed by atoms with Gasteiger partial charge in [-0.25, -0.2) is 0 Å². The summed E-state index contributed by atoms with van der Waals surface area (Å²) in [6, 6.07) is 5.85. The topological polar surface area (TPSA) is 12.0 Å². The lowest BCUT2D eigenvalue weighted by Crippen LogP contribution is -2.01. The lowest BCUT2D eigenvalue weighted by molar-refractivity contribution is 0.744. The van der Waals surface area contributed by atoms with Gasteiger partial charge in [0, 0.05) is 11.0 Å². The van der Waals surface area contributed by atoms with Crippen LogP contribution in [0.15, 0.2) is 22.7 Å². The first-order chi connectivity index (χ1) is 6.74. The molecule has 1 N–H and O–H groups in total. The zero-order valence-corrected chi connectivity index (χ0v) is 10.7. The first-order valence-electron chi connectivity index (χ1n) is 4.93. The molecule has 0 amide bonds. The smallest absolute Gasteiger partial charge is 0.0638 e. The number of anilines is 1. The third kappa shape index (κ3) is 3.89. The van der Waals surface area contributed by atoms with Crippen LogP contribution < -0.4 is 5.32 Å². The van der Waals surface area contributed by atoms with E-state index < -0.39 is 0 Å². The fourth-order valence-corrected chi connectivity index (χ4v) is 1.78. The summed E-state index contributed by atoms with van der Waals surface area (Å²) in [6.45, 7) is 3.19. The Bertz CT molecular complexity index is 289. The van der Waals surface area contributed by atoms with Gasteiger partial charge in [0.05, 0.1) is 10.7 Å². The Morgan fingerprint density at radius 1 is 1.36 bits per heavy atom. The maximum atomic E-state index is 6.03. The number of nitrogens with one attached hydrogen (secondary N) is 1. The average molecular weight is 277 g/mol. The predicted octanol–water partition coefficient (Wildman–Crippen LogP) is 4.70. The summed E-state index contributed by atoms with van der Waals surface area (Å²) in [6.07, 6.45) is 3.70. The van der Waals surface area contributed by atoms with Crippen LogP contribution in [0, 0.1) is 0 Å². The number of rotatable bonds is 5. The van der Waals surface area contributed by atoms with Crippen molar-refractivity contribution in [2.45, 2.75) is 26.2 Å². The largest absolute Gasteiger partial charge is 0.384 e. The molecule has 0 unspecified atom stereocenters. The molecule has 78 valence electrons. The minimum absolute atomic E-state index is 0.782. The molecule has 0 fully saturated rings. The van der Waals surface area contributed by atoms with Crippen LogP contribution in [0.5, 0.6) is 0 Å². The van der Waals surface area contributed by atoms with Gasteiger partial charge in [0.25, 0.3) is 0 Å². The Labute approximate surface area is 99.0 Å². The fraction of sp³-hybridized carbons (Fsp3) is 0.455. The summed E-state index contributed by atoms with van der Waals surface area (Å²) >= 11 is 9.45. The van der Waals surface area contributed by atoms with E-state index in [0.29, 0.717) is 0 Å². The highest BCUT2D eigenvalue weighted by Crippen LogP contribution is 2.25. The molecule has 3 heteroatoms. The molecular weight excluding hydrogens is 261 g/mol. The highest BCUT2D eigenvalue weighted by Gasteiger charge is 1.99. The summed E-state index contributed by atoms with van der Waals surface area (Å²) in [5, 5.41) is 4.11. The molecule has 0 aliphatic heterocycles. The molecule has 1 rings (SSSR count). The number of hydrogen-bond donors (Lipinski definition) is 1. The van der Waals surface area contributed by atoms with E-state index in [1.807, 2.05) is 18.2 Å². The molecule has 0 aliphatic carbocycles. The standard InChI is InChI=1S/C11H15BrClN/c1-2-3-4-7-14-11-8-9(12)5-6-10(11)13/h5-6,8,14H,2-4,7H2,1H3. The average Bonchev–Trinajstić information content (AvgIpc) is 2.18. The number of halogens is 2. The van der Waals surface area contributed by atoms with Gasteiger partial charge in [0.2, 0.25) is 0 Å². The zero-order valence-electron chi connectivity index (χ0n) is 8.32. The maximum Gasteiger partial charge on any atom is 0.0638 e. The van der Waals surface area contributed by atoms with Crippen LogP contribution in [0.3, 0.4) is 0 Å². The van der Waals surface area contributed by atoms with Gasteiger partial charge >= 0.3 is 0 Å². The minimum atomic E-state index is 0.782. The summed E-state index contributed by atoms with van der Waals surface area (Å²) in [5.41, 5.74) is 1.01. The Morgan fingerprint density at radius 2 is 2.14 bits per heavy atom. The lowest BCUT2D eigenvalue weighted by Gasteiger charge is -2.08. The van der Waals surface area contributed by atoms with Crippen molar-refractivity contribution in [3.05, 3.63) is 27.7 Å². The first kappa shape index (κ1) is 11.9. The van der Waals surface area contributed by atoms with Crippen molar-refractivity contribution < 1.29 is 0 Å². The van der Waals surface area contributed by atoms with Crippen molar-refractivity contribution in [3.63, 3.8) is 0 Å². The van der Waals surface area contributed by atoms with Crippen molar-refractivity contribution in [1.29, 1.82) is 0 Å². The van der Waals surface area contributed by atoms with Crippen LogP contribution in [0.1, 0.15) is 26.2 Å². The quantitative estimate of drug-likeness (QED) is 0.768. The molecule has 14 heavy (non-hydrogen) atoms. The van der Waals surface area contributed by atoms with E-state index in [1.165, 1.54) is 19.3 Å². The Balaban J connectivity index is 2.45. The van der Waals surface area contributed by atoms with Crippen molar-refractivity contribution >= 4 is 33.2 Å². The monoisotopic (exact) mass is 275 g/mol. The van der Waals surface area contributed by atoms with E-state index in [2.05, 4.69) is 28.2 Å². The van der Waals surface area contributed by atoms with Crippen molar-refractivity contribution in [1.82, 2.24) is 0 Å². The molecule has 0 radical (unpaired) electrons. The van der Waals surface area contributed by atoms with Crippen molar-refractivity contribution in [3.8, 4) is 0 Å². The SMILES string of the molecule is CCCCCNc1cc(Br)ccc1Cl. The normalized spacial score (nSPS) is 10.2. The van der Waals surface area contributed by atoms with Crippen LogP contribution >= 0.6 is 27.5 Å². The molecule has 0 bridgehead atoms. The molecule has 0 spiro atoms. The van der Waals surface area contributed by atoms with Gasteiger partial charge in [-0.3, -0.25) is 0 Å². The van der Waals surface area contributed by atoms with Crippen LogP contribution in [-0.2, 0) is 0 Å². The number of unbranched alkanes of at least 4 members (excludes halogenated alkanes) is 2. The van der Waals surface area contributed by atoms with Crippen LogP contribution in [-0.4, -0.2) is 6.54 Å². The number of hydrogen-bond acceptors (Lipinski definition) is 1. The minimum Gasteiger partial charge on any atom is -0.384 e. The van der Waals surface area contributed by atoms with Crippen molar-refractivity contribution in [2.24, 2.45) is 0 Å². The highest BCUT2D eigenvalue weighted by atomic mass is 79.9. The van der Waals surface area contributed by atoms with Crippen molar-refractivity contribution in [2.75, 3.05) is 11.9 Å². The highest BCUT2D eigenvalue weighted by molar-refractivity contribution is 9.10. The van der Waals surface area contributed by atoms with Gasteiger partial charge in [-0.2, -0.15) is 0 Å². The van der Waals surface area contributed by atoms with Gasteiger partial charge in [-0.15, -0.1) is 0 Å². The molecule has 1 nitrogen and oxygen atoms in total. The molecule has 1 aromatic carbocycles. The van der Waals surface area contributed by atoms with Gasteiger partial charge in [0.1, 0.15) is 0 Å². The molecule has 0 saturated carbocycles. The summed E-state index contributed by atoms with van der Waals surface area (Å²) in [4.78, 5) is 0. The first-order valence-corrected chi connectivity index (χ1v) is 6.10. The Hall–Kier alpha value is -0.210. The third-order valence-electron chi connectivity index (χ3n) is 2.02.